The van der Waals surface area contributed by atoms with Crippen molar-refractivity contribution in [2.75, 3.05) is 0 Å². The van der Waals surface area contributed by atoms with Crippen molar-refractivity contribution in [3.05, 3.63) is 40.6 Å². The maximum absolute atomic E-state index is 9.37. The molecule has 0 saturated carbocycles. The molecular formula is C15H16N4. The SMILES string of the molecule is Cc1cc(C)c(C#N)c(-n2cnc3c2CCCC3)n1. The molecule has 2 heterocycles. The maximum Gasteiger partial charge on any atom is 0.156 e. The molecule has 1 aliphatic carbocycles. The molecule has 0 N–H and O–H groups in total. The van der Waals surface area contributed by atoms with E-state index in [1.54, 1.807) is 0 Å². The lowest BCUT2D eigenvalue weighted by atomic mass is 10.0. The van der Waals surface area contributed by atoms with Gasteiger partial charge in [-0.3, -0.25) is 4.57 Å². The number of rotatable bonds is 1. The van der Waals surface area contributed by atoms with Crippen LogP contribution >= 0.6 is 0 Å². The van der Waals surface area contributed by atoms with Gasteiger partial charge < -0.3 is 0 Å². The summed E-state index contributed by atoms with van der Waals surface area (Å²) < 4.78 is 2.01. The first-order chi connectivity index (χ1) is 9.20. The molecule has 4 heteroatoms. The van der Waals surface area contributed by atoms with Crippen molar-refractivity contribution in [2.24, 2.45) is 0 Å². The third-order valence-corrected chi connectivity index (χ3v) is 3.70. The second-order valence-corrected chi connectivity index (χ2v) is 5.11. The Morgan fingerprint density at radius 3 is 2.84 bits per heavy atom. The number of hydrogen-bond acceptors (Lipinski definition) is 3. The van der Waals surface area contributed by atoms with E-state index in [0.717, 1.165) is 35.6 Å². The predicted octanol–water partition coefficient (Wildman–Crippen LogP) is 2.63. The number of nitrogens with zero attached hydrogens (tertiary/aromatic N) is 4. The lowest BCUT2D eigenvalue weighted by Gasteiger charge is -2.15. The highest BCUT2D eigenvalue weighted by atomic mass is 15.1. The van der Waals surface area contributed by atoms with Gasteiger partial charge >= 0.3 is 0 Å². The minimum Gasteiger partial charge on any atom is -0.286 e. The number of imidazole rings is 1. The summed E-state index contributed by atoms with van der Waals surface area (Å²) in [5.41, 5.74) is 4.95. The summed E-state index contributed by atoms with van der Waals surface area (Å²) in [7, 11) is 0. The summed E-state index contributed by atoms with van der Waals surface area (Å²) in [5, 5.41) is 9.37. The highest BCUT2D eigenvalue weighted by Crippen LogP contribution is 2.25. The van der Waals surface area contributed by atoms with Crippen LogP contribution in [0.3, 0.4) is 0 Å². The van der Waals surface area contributed by atoms with Gasteiger partial charge in [0.05, 0.1) is 11.3 Å². The minimum absolute atomic E-state index is 0.649. The lowest BCUT2D eigenvalue weighted by molar-refractivity contribution is 0.653. The van der Waals surface area contributed by atoms with Gasteiger partial charge in [-0.15, -0.1) is 0 Å². The highest BCUT2D eigenvalue weighted by molar-refractivity contribution is 5.50. The van der Waals surface area contributed by atoms with Crippen LogP contribution in [-0.2, 0) is 12.8 Å². The van der Waals surface area contributed by atoms with Crippen LogP contribution in [0.4, 0.5) is 0 Å². The topological polar surface area (TPSA) is 54.5 Å². The molecule has 19 heavy (non-hydrogen) atoms. The number of fused-ring (bicyclic) bond motifs is 1. The molecule has 0 amide bonds. The molecule has 2 aromatic rings. The monoisotopic (exact) mass is 252 g/mol. The van der Waals surface area contributed by atoms with E-state index in [1.807, 2.05) is 30.8 Å². The van der Waals surface area contributed by atoms with Gasteiger partial charge in [-0.2, -0.15) is 5.26 Å². The highest BCUT2D eigenvalue weighted by Gasteiger charge is 2.19. The van der Waals surface area contributed by atoms with Gasteiger partial charge in [-0.05, 0) is 51.2 Å². The van der Waals surface area contributed by atoms with Crippen LogP contribution in [0.15, 0.2) is 12.4 Å². The molecule has 2 aromatic heterocycles. The normalized spacial score (nSPS) is 13.9. The van der Waals surface area contributed by atoms with E-state index in [-0.39, 0.29) is 0 Å². The molecule has 0 radical (unpaired) electrons. The standard InChI is InChI=1S/C15H16N4/c1-10-7-11(2)18-15(12(10)8-16)19-9-17-13-5-3-4-6-14(13)19/h7,9H,3-6H2,1-2H3. The van der Waals surface area contributed by atoms with Gasteiger partial charge in [0, 0.05) is 11.4 Å². The third kappa shape index (κ3) is 1.91. The fraction of sp³-hybridized carbons (Fsp3) is 0.400. The summed E-state index contributed by atoms with van der Waals surface area (Å²) >= 11 is 0. The maximum atomic E-state index is 9.37. The van der Waals surface area contributed by atoms with Crippen LogP contribution in [0.25, 0.3) is 5.82 Å². The average molecular weight is 252 g/mol. The molecule has 1 aliphatic rings. The Hall–Kier alpha value is -2.15. The van der Waals surface area contributed by atoms with Crippen molar-refractivity contribution in [3.8, 4) is 11.9 Å². The molecule has 0 aliphatic heterocycles. The van der Waals surface area contributed by atoms with Gasteiger partial charge in [0.1, 0.15) is 12.4 Å². The van der Waals surface area contributed by atoms with Crippen molar-refractivity contribution in [1.29, 1.82) is 5.26 Å². The minimum atomic E-state index is 0.649. The largest absolute Gasteiger partial charge is 0.286 e. The number of hydrogen-bond donors (Lipinski definition) is 0. The van der Waals surface area contributed by atoms with Crippen molar-refractivity contribution in [3.63, 3.8) is 0 Å². The Kier molecular flexibility index (Phi) is 2.83. The Balaban J connectivity index is 2.23. The summed E-state index contributed by atoms with van der Waals surface area (Å²) in [5.74, 6) is 0.732. The molecule has 0 bridgehead atoms. The number of nitriles is 1. The molecule has 0 spiro atoms. The molecule has 0 aromatic carbocycles. The molecule has 3 rings (SSSR count). The molecule has 0 unspecified atom stereocenters. The summed E-state index contributed by atoms with van der Waals surface area (Å²) in [4.78, 5) is 9.04. The smallest absolute Gasteiger partial charge is 0.156 e. The number of pyridine rings is 1. The molecule has 0 atom stereocenters. The van der Waals surface area contributed by atoms with E-state index < -0.39 is 0 Å². The first-order valence-corrected chi connectivity index (χ1v) is 6.64. The van der Waals surface area contributed by atoms with Crippen LogP contribution in [0, 0.1) is 25.2 Å². The van der Waals surface area contributed by atoms with E-state index in [0.29, 0.717) is 5.56 Å². The van der Waals surface area contributed by atoms with Gasteiger partial charge in [0.15, 0.2) is 5.82 Å². The number of aromatic nitrogens is 3. The van der Waals surface area contributed by atoms with Crippen LogP contribution < -0.4 is 0 Å². The van der Waals surface area contributed by atoms with Crippen molar-refractivity contribution >= 4 is 0 Å². The fourth-order valence-electron chi connectivity index (χ4n) is 2.78. The number of aryl methyl sites for hydroxylation is 3. The zero-order valence-electron chi connectivity index (χ0n) is 11.3. The zero-order valence-corrected chi connectivity index (χ0v) is 11.3. The fourth-order valence-corrected chi connectivity index (χ4v) is 2.78. The Labute approximate surface area is 112 Å². The van der Waals surface area contributed by atoms with Crippen LogP contribution in [0.2, 0.25) is 0 Å². The van der Waals surface area contributed by atoms with Crippen molar-refractivity contribution in [1.82, 2.24) is 14.5 Å². The van der Waals surface area contributed by atoms with Crippen LogP contribution in [-0.4, -0.2) is 14.5 Å². The first kappa shape index (κ1) is 11.9. The second-order valence-electron chi connectivity index (χ2n) is 5.11. The predicted molar refractivity (Wildman–Crippen MR) is 72.2 cm³/mol. The quantitative estimate of drug-likeness (QED) is 0.784. The second kappa shape index (κ2) is 4.51. The summed E-state index contributed by atoms with van der Waals surface area (Å²) in [6, 6.07) is 4.22. The van der Waals surface area contributed by atoms with E-state index in [2.05, 4.69) is 16.0 Å². The van der Waals surface area contributed by atoms with E-state index in [4.69, 9.17) is 0 Å². The molecule has 0 saturated heterocycles. The first-order valence-electron chi connectivity index (χ1n) is 6.64. The molecule has 4 nitrogen and oxygen atoms in total. The van der Waals surface area contributed by atoms with Gasteiger partial charge in [0.2, 0.25) is 0 Å². The average Bonchev–Trinajstić information content (AvgIpc) is 2.81. The third-order valence-electron chi connectivity index (χ3n) is 3.70. The van der Waals surface area contributed by atoms with Gasteiger partial charge in [0.25, 0.3) is 0 Å². The Morgan fingerprint density at radius 1 is 1.26 bits per heavy atom. The molecule has 96 valence electrons. The van der Waals surface area contributed by atoms with E-state index in [9.17, 15) is 5.26 Å². The Morgan fingerprint density at radius 2 is 2.05 bits per heavy atom. The summed E-state index contributed by atoms with van der Waals surface area (Å²) in [6.45, 7) is 3.92. The van der Waals surface area contributed by atoms with Crippen molar-refractivity contribution in [2.45, 2.75) is 39.5 Å². The molecule has 0 fully saturated rings. The van der Waals surface area contributed by atoms with E-state index >= 15 is 0 Å². The lowest BCUT2D eigenvalue weighted by Crippen LogP contribution is -2.10. The van der Waals surface area contributed by atoms with Crippen molar-refractivity contribution < 1.29 is 0 Å². The Bertz CT molecular complexity index is 676. The molecular weight excluding hydrogens is 236 g/mol. The van der Waals surface area contributed by atoms with Gasteiger partial charge in [-0.1, -0.05) is 0 Å². The zero-order chi connectivity index (χ0) is 13.4. The van der Waals surface area contributed by atoms with Crippen LogP contribution in [0.5, 0.6) is 0 Å². The van der Waals surface area contributed by atoms with E-state index in [1.165, 1.54) is 18.5 Å². The summed E-state index contributed by atoms with van der Waals surface area (Å²) in [6.07, 6.45) is 6.27. The van der Waals surface area contributed by atoms with Crippen LogP contribution in [0.1, 0.15) is 41.1 Å². The van der Waals surface area contributed by atoms with Gasteiger partial charge in [-0.25, -0.2) is 9.97 Å².